The fourth-order valence-electron chi connectivity index (χ4n) is 3.50. The van der Waals surface area contributed by atoms with Crippen molar-refractivity contribution in [1.82, 2.24) is 15.1 Å². The standard InChI is InChI=1S/C22H22N4O2/c27-21(23-18-11-5-2-6-12-18)17-10-7-13-26(15-17)22(28)20-14-19(24-25-20)16-8-3-1-4-9-16/h1-6,8-9,11-12,14,17H,7,10,13,15H2,(H,23,27)(H,24,25)/t17-/m1/s1. The Kier molecular flexibility index (Phi) is 5.19. The lowest BCUT2D eigenvalue weighted by atomic mass is 9.96. The number of carbonyl (C=O) groups is 2. The third kappa shape index (κ3) is 3.96. The number of amides is 2. The van der Waals surface area contributed by atoms with Gasteiger partial charge in [-0.3, -0.25) is 14.7 Å². The van der Waals surface area contributed by atoms with E-state index in [-0.39, 0.29) is 17.7 Å². The van der Waals surface area contributed by atoms with E-state index in [4.69, 9.17) is 0 Å². The van der Waals surface area contributed by atoms with Gasteiger partial charge >= 0.3 is 0 Å². The molecule has 1 fully saturated rings. The number of rotatable bonds is 4. The molecule has 28 heavy (non-hydrogen) atoms. The molecular formula is C22H22N4O2. The molecule has 2 heterocycles. The van der Waals surface area contributed by atoms with Crippen LogP contribution in [-0.2, 0) is 4.79 Å². The van der Waals surface area contributed by atoms with Crippen LogP contribution in [0.1, 0.15) is 23.3 Å². The molecule has 4 rings (SSSR count). The predicted octanol–water partition coefficient (Wildman–Crippen LogP) is 3.57. The van der Waals surface area contributed by atoms with Crippen molar-refractivity contribution in [2.24, 2.45) is 5.92 Å². The molecule has 1 aliphatic heterocycles. The van der Waals surface area contributed by atoms with Crippen LogP contribution in [0.3, 0.4) is 0 Å². The fourth-order valence-corrected chi connectivity index (χ4v) is 3.50. The number of carbonyl (C=O) groups excluding carboxylic acids is 2. The molecule has 142 valence electrons. The highest BCUT2D eigenvalue weighted by Gasteiger charge is 2.29. The first-order valence-corrected chi connectivity index (χ1v) is 9.47. The Morgan fingerprint density at radius 3 is 2.50 bits per heavy atom. The molecule has 2 aromatic carbocycles. The molecule has 1 saturated heterocycles. The van der Waals surface area contributed by atoms with Crippen LogP contribution in [0.25, 0.3) is 11.3 Å². The van der Waals surface area contributed by atoms with Crippen molar-refractivity contribution in [3.05, 3.63) is 72.4 Å². The van der Waals surface area contributed by atoms with Crippen molar-refractivity contribution in [2.75, 3.05) is 18.4 Å². The quantitative estimate of drug-likeness (QED) is 0.733. The average Bonchev–Trinajstić information content (AvgIpc) is 3.25. The summed E-state index contributed by atoms with van der Waals surface area (Å²) in [6.07, 6.45) is 1.58. The number of hydrogen-bond acceptors (Lipinski definition) is 3. The summed E-state index contributed by atoms with van der Waals surface area (Å²) in [5.41, 5.74) is 2.91. The van der Waals surface area contributed by atoms with E-state index in [9.17, 15) is 9.59 Å². The molecule has 0 spiro atoms. The van der Waals surface area contributed by atoms with Gasteiger partial charge in [-0.15, -0.1) is 0 Å². The Morgan fingerprint density at radius 2 is 1.75 bits per heavy atom. The SMILES string of the molecule is O=C(Nc1ccccc1)[C@@H]1CCCN(C(=O)c2cc(-c3ccccc3)n[nH]2)C1. The highest BCUT2D eigenvalue weighted by Crippen LogP contribution is 2.22. The van der Waals surface area contributed by atoms with E-state index in [2.05, 4.69) is 15.5 Å². The lowest BCUT2D eigenvalue weighted by Crippen LogP contribution is -2.43. The summed E-state index contributed by atoms with van der Waals surface area (Å²) < 4.78 is 0. The number of aromatic amines is 1. The fraction of sp³-hybridized carbons (Fsp3) is 0.227. The van der Waals surface area contributed by atoms with Crippen LogP contribution in [0.2, 0.25) is 0 Å². The number of para-hydroxylation sites is 1. The number of benzene rings is 2. The maximum Gasteiger partial charge on any atom is 0.271 e. The van der Waals surface area contributed by atoms with Gasteiger partial charge in [0.25, 0.3) is 5.91 Å². The molecule has 0 saturated carbocycles. The van der Waals surface area contributed by atoms with Gasteiger partial charge in [0.05, 0.1) is 11.6 Å². The van der Waals surface area contributed by atoms with E-state index in [1.54, 1.807) is 11.0 Å². The topological polar surface area (TPSA) is 78.1 Å². The lowest BCUT2D eigenvalue weighted by Gasteiger charge is -2.31. The number of H-pyrrole nitrogens is 1. The normalized spacial score (nSPS) is 16.6. The van der Waals surface area contributed by atoms with E-state index < -0.39 is 0 Å². The number of likely N-dealkylation sites (tertiary alicyclic amines) is 1. The van der Waals surface area contributed by atoms with Gasteiger partial charge in [-0.1, -0.05) is 48.5 Å². The molecule has 0 unspecified atom stereocenters. The van der Waals surface area contributed by atoms with Crippen LogP contribution < -0.4 is 5.32 Å². The third-order valence-electron chi connectivity index (χ3n) is 5.00. The van der Waals surface area contributed by atoms with Crippen molar-refractivity contribution in [2.45, 2.75) is 12.8 Å². The first-order valence-electron chi connectivity index (χ1n) is 9.47. The van der Waals surface area contributed by atoms with Crippen LogP contribution in [0.5, 0.6) is 0 Å². The van der Waals surface area contributed by atoms with Crippen LogP contribution in [0.15, 0.2) is 66.7 Å². The zero-order valence-electron chi connectivity index (χ0n) is 15.5. The zero-order valence-corrected chi connectivity index (χ0v) is 15.5. The van der Waals surface area contributed by atoms with E-state index in [1.807, 2.05) is 60.7 Å². The Hall–Kier alpha value is -3.41. The monoisotopic (exact) mass is 374 g/mol. The number of aromatic nitrogens is 2. The van der Waals surface area contributed by atoms with Crippen LogP contribution in [0, 0.1) is 5.92 Å². The minimum Gasteiger partial charge on any atom is -0.337 e. The van der Waals surface area contributed by atoms with E-state index >= 15 is 0 Å². The van der Waals surface area contributed by atoms with E-state index in [1.165, 1.54) is 0 Å². The molecule has 6 heteroatoms. The van der Waals surface area contributed by atoms with Crippen molar-refractivity contribution in [1.29, 1.82) is 0 Å². The molecule has 3 aromatic rings. The summed E-state index contributed by atoms with van der Waals surface area (Å²) in [4.78, 5) is 27.2. The molecule has 1 atom stereocenters. The predicted molar refractivity (Wildman–Crippen MR) is 108 cm³/mol. The van der Waals surface area contributed by atoms with Crippen LogP contribution in [-0.4, -0.2) is 40.0 Å². The summed E-state index contributed by atoms with van der Waals surface area (Å²) in [5.74, 6) is -0.375. The average molecular weight is 374 g/mol. The van der Waals surface area contributed by atoms with Crippen molar-refractivity contribution in [3.63, 3.8) is 0 Å². The minimum absolute atomic E-state index is 0.0433. The number of nitrogens with zero attached hydrogens (tertiary/aromatic N) is 2. The zero-order chi connectivity index (χ0) is 19.3. The molecule has 2 N–H and O–H groups in total. The summed E-state index contributed by atoms with van der Waals surface area (Å²) in [7, 11) is 0. The second-order valence-electron chi connectivity index (χ2n) is 6.98. The molecule has 1 aromatic heterocycles. The van der Waals surface area contributed by atoms with E-state index in [0.29, 0.717) is 18.8 Å². The highest BCUT2D eigenvalue weighted by molar-refractivity contribution is 5.95. The summed E-state index contributed by atoms with van der Waals surface area (Å²) >= 11 is 0. The Balaban J connectivity index is 1.42. The largest absolute Gasteiger partial charge is 0.337 e. The maximum atomic E-state index is 12.9. The number of hydrogen-bond donors (Lipinski definition) is 2. The second-order valence-corrected chi connectivity index (χ2v) is 6.98. The highest BCUT2D eigenvalue weighted by atomic mass is 16.2. The van der Waals surface area contributed by atoms with Crippen molar-refractivity contribution < 1.29 is 9.59 Å². The smallest absolute Gasteiger partial charge is 0.271 e. The number of piperidine rings is 1. The third-order valence-corrected chi connectivity index (χ3v) is 5.00. The van der Waals surface area contributed by atoms with Gasteiger partial charge in [-0.2, -0.15) is 5.10 Å². The van der Waals surface area contributed by atoms with Gasteiger partial charge in [0.1, 0.15) is 5.69 Å². The first kappa shape index (κ1) is 18.0. The molecular weight excluding hydrogens is 352 g/mol. The molecule has 0 aliphatic carbocycles. The minimum atomic E-state index is -0.213. The number of nitrogens with one attached hydrogen (secondary N) is 2. The van der Waals surface area contributed by atoms with Gasteiger partial charge in [0, 0.05) is 24.3 Å². The summed E-state index contributed by atoms with van der Waals surface area (Å²) in [6, 6.07) is 20.9. The Bertz CT molecular complexity index is 953. The van der Waals surface area contributed by atoms with Gasteiger partial charge in [-0.25, -0.2) is 0 Å². The Morgan fingerprint density at radius 1 is 1.04 bits per heavy atom. The lowest BCUT2D eigenvalue weighted by molar-refractivity contribution is -0.121. The summed E-state index contributed by atoms with van der Waals surface area (Å²) in [6.45, 7) is 1.06. The first-order chi connectivity index (χ1) is 13.7. The van der Waals surface area contributed by atoms with Crippen LogP contribution in [0.4, 0.5) is 5.69 Å². The molecule has 2 amide bonds. The van der Waals surface area contributed by atoms with Crippen molar-refractivity contribution >= 4 is 17.5 Å². The molecule has 0 radical (unpaired) electrons. The van der Waals surface area contributed by atoms with Crippen LogP contribution >= 0.6 is 0 Å². The number of anilines is 1. The maximum absolute atomic E-state index is 12.9. The van der Waals surface area contributed by atoms with Gasteiger partial charge in [0.2, 0.25) is 5.91 Å². The summed E-state index contributed by atoms with van der Waals surface area (Å²) in [5, 5.41) is 10.0. The van der Waals surface area contributed by atoms with Gasteiger partial charge < -0.3 is 10.2 Å². The molecule has 6 nitrogen and oxygen atoms in total. The van der Waals surface area contributed by atoms with Gasteiger partial charge in [0.15, 0.2) is 0 Å². The second kappa shape index (κ2) is 8.08. The molecule has 1 aliphatic rings. The molecule has 0 bridgehead atoms. The van der Waals surface area contributed by atoms with Crippen molar-refractivity contribution in [3.8, 4) is 11.3 Å². The van der Waals surface area contributed by atoms with Gasteiger partial charge in [-0.05, 0) is 31.0 Å². The van der Waals surface area contributed by atoms with E-state index in [0.717, 1.165) is 29.8 Å². The Labute approximate surface area is 163 Å².